The fourth-order valence-corrected chi connectivity index (χ4v) is 3.83. The molecule has 0 saturated carbocycles. The number of ether oxygens (including phenoxy) is 1. The van der Waals surface area contributed by atoms with Crippen molar-refractivity contribution in [3.8, 4) is 0 Å². The molecule has 2 saturated heterocycles. The van der Waals surface area contributed by atoms with Crippen molar-refractivity contribution >= 4 is 5.91 Å². The number of furan rings is 1. The van der Waals surface area contributed by atoms with Crippen LogP contribution in [0.4, 0.5) is 0 Å². The molecule has 2 aliphatic heterocycles. The van der Waals surface area contributed by atoms with E-state index in [-0.39, 0.29) is 18.1 Å². The number of amides is 1. The van der Waals surface area contributed by atoms with Crippen molar-refractivity contribution in [2.24, 2.45) is 0 Å². The summed E-state index contributed by atoms with van der Waals surface area (Å²) < 4.78 is 11.3. The van der Waals surface area contributed by atoms with Gasteiger partial charge in [0, 0.05) is 43.6 Å². The third-order valence-corrected chi connectivity index (χ3v) is 5.11. The molecule has 0 radical (unpaired) electrons. The zero-order valence-corrected chi connectivity index (χ0v) is 14.1. The van der Waals surface area contributed by atoms with Crippen molar-refractivity contribution in [2.45, 2.75) is 50.6 Å². The Morgan fingerprint density at radius 1 is 1.28 bits per heavy atom. The van der Waals surface area contributed by atoms with Crippen LogP contribution in [0.2, 0.25) is 0 Å². The van der Waals surface area contributed by atoms with Gasteiger partial charge in [0.05, 0.1) is 18.6 Å². The highest BCUT2D eigenvalue weighted by Crippen LogP contribution is 2.32. The molecule has 2 aromatic heterocycles. The second-order valence-corrected chi connectivity index (χ2v) is 6.78. The van der Waals surface area contributed by atoms with E-state index < -0.39 is 0 Å². The number of pyridine rings is 1. The molecular weight excluding hydrogens is 318 g/mol. The molecule has 0 aliphatic carbocycles. The smallest absolute Gasteiger partial charge is 0.249 e. The molecule has 0 bridgehead atoms. The lowest BCUT2D eigenvalue weighted by atomic mass is 9.98. The minimum absolute atomic E-state index is 0.0180. The first-order chi connectivity index (χ1) is 12.3. The number of rotatable bonds is 5. The summed E-state index contributed by atoms with van der Waals surface area (Å²) >= 11 is 0. The van der Waals surface area contributed by atoms with Crippen LogP contribution in [0.1, 0.15) is 30.4 Å². The Morgan fingerprint density at radius 3 is 3.04 bits per heavy atom. The van der Waals surface area contributed by atoms with Gasteiger partial charge in [-0.3, -0.25) is 14.7 Å². The molecule has 25 heavy (non-hydrogen) atoms. The normalized spacial score (nSPS) is 26.3. The third kappa shape index (κ3) is 3.75. The summed E-state index contributed by atoms with van der Waals surface area (Å²) in [5.74, 6) is -0.0180. The van der Waals surface area contributed by atoms with Gasteiger partial charge >= 0.3 is 0 Å². The second-order valence-electron chi connectivity index (χ2n) is 6.78. The highest BCUT2D eigenvalue weighted by atomic mass is 16.5. The number of carbonyl (C=O) groups is 1. The average Bonchev–Trinajstić information content (AvgIpc) is 3.31. The summed E-state index contributed by atoms with van der Waals surface area (Å²) in [6, 6.07) is 6.23. The zero-order valence-electron chi connectivity index (χ0n) is 14.1. The fourth-order valence-electron chi connectivity index (χ4n) is 3.83. The predicted octanol–water partition coefficient (Wildman–Crippen LogP) is 2.11. The van der Waals surface area contributed by atoms with Crippen LogP contribution < -0.4 is 5.32 Å². The first-order valence-corrected chi connectivity index (χ1v) is 8.87. The molecule has 2 fully saturated rings. The lowest BCUT2D eigenvalue weighted by Crippen LogP contribution is -2.47. The Kier molecular flexibility index (Phi) is 4.81. The molecule has 1 amide bonds. The highest BCUT2D eigenvalue weighted by molar-refractivity contribution is 5.80. The Balaban J connectivity index is 1.29. The van der Waals surface area contributed by atoms with E-state index in [0.717, 1.165) is 37.9 Å². The Labute approximate surface area is 147 Å². The number of nitrogens with one attached hydrogen (secondary N) is 1. The molecule has 4 heterocycles. The molecule has 6 nitrogen and oxygen atoms in total. The summed E-state index contributed by atoms with van der Waals surface area (Å²) in [6.07, 6.45) is 9.55. The molecule has 0 unspecified atom stereocenters. The van der Waals surface area contributed by atoms with Gasteiger partial charge in [-0.05, 0) is 37.0 Å². The maximum absolute atomic E-state index is 12.4. The number of carbonyl (C=O) groups excluding carboxylic acids is 1. The number of hydrogen-bond donors (Lipinski definition) is 1. The van der Waals surface area contributed by atoms with E-state index >= 15 is 0 Å². The Hall–Kier alpha value is -2.18. The van der Waals surface area contributed by atoms with Crippen LogP contribution in [-0.2, 0) is 22.6 Å². The fraction of sp³-hybridized carbons (Fsp3) is 0.474. The van der Waals surface area contributed by atoms with Gasteiger partial charge in [0.1, 0.15) is 6.10 Å². The standard InChI is InChI=1S/C19H23N3O3/c23-19(21-11-14-2-1-7-20-10-14)18-4-3-16-17(25-18)5-8-22(16)12-15-6-9-24-13-15/h1-2,6-7,9-10,13,16-18H,3-5,8,11-12H2,(H,21,23)/t16-,17-,18+/m1/s1. The van der Waals surface area contributed by atoms with Gasteiger partial charge < -0.3 is 14.5 Å². The maximum atomic E-state index is 12.4. The van der Waals surface area contributed by atoms with Crippen molar-refractivity contribution in [2.75, 3.05) is 6.54 Å². The minimum atomic E-state index is -0.341. The van der Waals surface area contributed by atoms with Crippen molar-refractivity contribution in [3.05, 3.63) is 54.2 Å². The largest absolute Gasteiger partial charge is 0.472 e. The van der Waals surface area contributed by atoms with Gasteiger partial charge in [-0.2, -0.15) is 0 Å². The van der Waals surface area contributed by atoms with Gasteiger partial charge in [-0.1, -0.05) is 6.07 Å². The van der Waals surface area contributed by atoms with Crippen molar-refractivity contribution in [1.29, 1.82) is 0 Å². The molecule has 0 aromatic carbocycles. The van der Waals surface area contributed by atoms with E-state index in [2.05, 4.69) is 15.2 Å². The first kappa shape index (κ1) is 16.3. The monoisotopic (exact) mass is 341 g/mol. The average molecular weight is 341 g/mol. The van der Waals surface area contributed by atoms with E-state index in [1.165, 1.54) is 5.56 Å². The van der Waals surface area contributed by atoms with Crippen LogP contribution in [0.15, 0.2) is 47.5 Å². The van der Waals surface area contributed by atoms with Crippen LogP contribution in [-0.4, -0.2) is 40.6 Å². The van der Waals surface area contributed by atoms with Crippen LogP contribution in [0, 0.1) is 0 Å². The van der Waals surface area contributed by atoms with E-state index in [0.29, 0.717) is 12.6 Å². The molecule has 4 rings (SSSR count). The van der Waals surface area contributed by atoms with Gasteiger partial charge in [-0.15, -0.1) is 0 Å². The van der Waals surface area contributed by atoms with Gasteiger partial charge in [0.15, 0.2) is 0 Å². The second kappa shape index (κ2) is 7.37. The summed E-state index contributed by atoms with van der Waals surface area (Å²) in [7, 11) is 0. The van der Waals surface area contributed by atoms with Gasteiger partial charge in [-0.25, -0.2) is 0 Å². The van der Waals surface area contributed by atoms with Crippen LogP contribution in [0.5, 0.6) is 0 Å². The Morgan fingerprint density at radius 2 is 2.24 bits per heavy atom. The minimum Gasteiger partial charge on any atom is -0.472 e. The van der Waals surface area contributed by atoms with Gasteiger partial charge in [0.2, 0.25) is 5.91 Å². The SMILES string of the molecule is O=C(NCc1cccnc1)[C@@H]1CC[C@@H]2[C@@H](CCN2Cc2ccoc2)O1. The number of fused-ring (bicyclic) bond motifs is 1. The number of nitrogens with zero attached hydrogens (tertiary/aromatic N) is 2. The zero-order chi connectivity index (χ0) is 17.1. The van der Waals surface area contributed by atoms with E-state index in [1.807, 2.05) is 18.2 Å². The van der Waals surface area contributed by atoms with Crippen molar-refractivity contribution in [3.63, 3.8) is 0 Å². The van der Waals surface area contributed by atoms with Crippen LogP contribution in [0.3, 0.4) is 0 Å². The summed E-state index contributed by atoms with van der Waals surface area (Å²) in [4.78, 5) is 18.9. The molecular formula is C19H23N3O3. The third-order valence-electron chi connectivity index (χ3n) is 5.11. The predicted molar refractivity (Wildman–Crippen MR) is 91.5 cm³/mol. The molecule has 1 N–H and O–H groups in total. The number of hydrogen-bond acceptors (Lipinski definition) is 5. The van der Waals surface area contributed by atoms with E-state index in [9.17, 15) is 4.79 Å². The van der Waals surface area contributed by atoms with Crippen LogP contribution in [0.25, 0.3) is 0 Å². The van der Waals surface area contributed by atoms with Crippen molar-refractivity contribution < 1.29 is 13.9 Å². The van der Waals surface area contributed by atoms with E-state index in [1.54, 1.807) is 24.9 Å². The summed E-state index contributed by atoms with van der Waals surface area (Å²) in [5.41, 5.74) is 2.19. The van der Waals surface area contributed by atoms with Crippen LogP contribution >= 0.6 is 0 Å². The molecule has 0 spiro atoms. The van der Waals surface area contributed by atoms with E-state index in [4.69, 9.17) is 9.15 Å². The van der Waals surface area contributed by atoms with Crippen molar-refractivity contribution in [1.82, 2.24) is 15.2 Å². The lowest BCUT2D eigenvalue weighted by molar-refractivity contribution is -0.144. The maximum Gasteiger partial charge on any atom is 0.249 e. The molecule has 2 aliphatic rings. The Bertz CT molecular complexity index is 689. The summed E-state index contributed by atoms with van der Waals surface area (Å²) in [5, 5.41) is 2.97. The first-order valence-electron chi connectivity index (χ1n) is 8.87. The molecule has 2 aromatic rings. The number of aromatic nitrogens is 1. The lowest BCUT2D eigenvalue weighted by Gasteiger charge is -2.35. The highest BCUT2D eigenvalue weighted by Gasteiger charge is 2.41. The molecule has 132 valence electrons. The summed E-state index contributed by atoms with van der Waals surface area (Å²) in [6.45, 7) is 2.39. The number of likely N-dealkylation sites (tertiary alicyclic amines) is 1. The van der Waals surface area contributed by atoms with Gasteiger partial charge in [0.25, 0.3) is 0 Å². The quantitative estimate of drug-likeness (QED) is 0.902. The molecule has 3 atom stereocenters. The topological polar surface area (TPSA) is 67.6 Å². The molecule has 6 heteroatoms.